The molecule has 10 heteroatoms. The molecule has 44 heavy (non-hydrogen) atoms. The minimum atomic E-state index is -0.474. The van der Waals surface area contributed by atoms with Gasteiger partial charge in [-0.05, 0) is 36.8 Å². The first kappa shape index (κ1) is 36.1. The summed E-state index contributed by atoms with van der Waals surface area (Å²) in [5.41, 5.74) is 1.86. The molecule has 0 unspecified atom stereocenters. The average molecular weight is 611 g/mol. The molecule has 4 N–H and O–H groups in total. The number of nitrogens with one attached hydrogen (secondary N) is 4. The molecule has 10 nitrogen and oxygen atoms in total. The van der Waals surface area contributed by atoms with Crippen molar-refractivity contribution in [1.82, 2.24) is 21.3 Å². The number of carbonyl (C=O) groups is 4. The highest BCUT2D eigenvalue weighted by Crippen LogP contribution is 2.08. The van der Waals surface area contributed by atoms with E-state index >= 15 is 0 Å². The van der Waals surface area contributed by atoms with Crippen LogP contribution in [0, 0.1) is 0 Å². The lowest BCUT2D eigenvalue weighted by Crippen LogP contribution is -2.28. The highest BCUT2D eigenvalue weighted by Gasteiger charge is 2.06. The monoisotopic (exact) mass is 610 g/mol. The smallest absolute Gasteiger partial charge is 0.407 e. The topological polar surface area (TPSA) is 135 Å². The molecule has 2 aromatic rings. The third-order valence-electron chi connectivity index (χ3n) is 6.87. The molecule has 0 saturated heterocycles. The molecule has 0 aliphatic heterocycles. The number of hydrogen-bond donors (Lipinski definition) is 4. The lowest BCUT2D eigenvalue weighted by molar-refractivity contribution is -0.122. The molecule has 0 spiro atoms. The second-order valence-electron chi connectivity index (χ2n) is 10.7. The summed E-state index contributed by atoms with van der Waals surface area (Å²) in [5.74, 6) is 0.0138. The predicted octanol–water partition coefficient (Wildman–Crippen LogP) is 5.75. The maximum Gasteiger partial charge on any atom is 0.407 e. The van der Waals surface area contributed by atoms with Gasteiger partial charge in [-0.2, -0.15) is 0 Å². The van der Waals surface area contributed by atoms with Gasteiger partial charge in [0.2, 0.25) is 11.8 Å². The van der Waals surface area contributed by atoms with Gasteiger partial charge in [-0.3, -0.25) is 9.59 Å². The molecule has 2 rings (SSSR count). The molecule has 0 saturated carbocycles. The molecule has 0 atom stereocenters. The van der Waals surface area contributed by atoms with Gasteiger partial charge < -0.3 is 30.7 Å². The second-order valence-corrected chi connectivity index (χ2v) is 10.7. The lowest BCUT2D eigenvalue weighted by atomic mass is 10.1. The van der Waals surface area contributed by atoms with Crippen molar-refractivity contribution in [2.75, 3.05) is 26.2 Å². The van der Waals surface area contributed by atoms with Crippen molar-refractivity contribution in [3.8, 4) is 0 Å². The Hall–Kier alpha value is -4.08. The SMILES string of the molecule is O=C(CCCNC(=O)OCc1ccccc1)NCCCCCCCCCCNC(=O)CCCNC(=O)OCc1ccccc1. The molecule has 0 radical (unpaired) electrons. The summed E-state index contributed by atoms with van der Waals surface area (Å²) in [6.07, 6.45) is 9.70. The van der Waals surface area contributed by atoms with Crippen molar-refractivity contribution in [1.29, 1.82) is 0 Å². The molecule has 4 amide bonds. The number of ether oxygens (including phenoxy) is 2. The number of alkyl carbamates (subject to hydrolysis) is 2. The van der Waals surface area contributed by atoms with Gasteiger partial charge in [-0.15, -0.1) is 0 Å². The van der Waals surface area contributed by atoms with Crippen molar-refractivity contribution in [3.63, 3.8) is 0 Å². The first-order valence-electron chi connectivity index (χ1n) is 16.0. The largest absolute Gasteiger partial charge is 0.445 e. The highest BCUT2D eigenvalue weighted by molar-refractivity contribution is 5.76. The molecule has 0 aromatic heterocycles. The van der Waals surface area contributed by atoms with Gasteiger partial charge in [0.1, 0.15) is 13.2 Å². The van der Waals surface area contributed by atoms with Crippen molar-refractivity contribution in [2.24, 2.45) is 0 Å². The molecule has 0 aliphatic carbocycles. The predicted molar refractivity (Wildman–Crippen MR) is 171 cm³/mol. The van der Waals surface area contributed by atoms with Crippen LogP contribution < -0.4 is 21.3 Å². The van der Waals surface area contributed by atoms with Gasteiger partial charge in [0.05, 0.1) is 0 Å². The summed E-state index contributed by atoms with van der Waals surface area (Å²) in [4.78, 5) is 47.3. The van der Waals surface area contributed by atoms with Crippen molar-refractivity contribution >= 4 is 24.0 Å². The first-order valence-corrected chi connectivity index (χ1v) is 16.0. The Labute approximate surface area is 262 Å². The van der Waals surface area contributed by atoms with Crippen molar-refractivity contribution < 1.29 is 28.7 Å². The molecule has 2 aromatic carbocycles. The average Bonchev–Trinajstić information content (AvgIpc) is 3.04. The summed E-state index contributed by atoms with van der Waals surface area (Å²) in [6, 6.07) is 19.0. The van der Waals surface area contributed by atoms with Crippen molar-refractivity contribution in [2.45, 2.75) is 90.3 Å². The Morgan fingerprint density at radius 3 is 1.16 bits per heavy atom. The van der Waals surface area contributed by atoms with E-state index in [1.165, 1.54) is 12.8 Å². The van der Waals surface area contributed by atoms with E-state index in [9.17, 15) is 19.2 Å². The van der Waals surface area contributed by atoms with E-state index in [4.69, 9.17) is 9.47 Å². The Balaban J connectivity index is 1.27. The Kier molecular flexibility index (Phi) is 20.0. The number of benzene rings is 2. The minimum Gasteiger partial charge on any atom is -0.445 e. The second kappa shape index (κ2) is 24.4. The van der Waals surface area contributed by atoms with E-state index in [2.05, 4.69) is 21.3 Å². The number of amides is 4. The van der Waals surface area contributed by atoms with Gasteiger partial charge in [0, 0.05) is 39.0 Å². The number of rotatable bonds is 23. The van der Waals surface area contributed by atoms with Crippen LogP contribution in [-0.2, 0) is 32.3 Å². The quantitative estimate of drug-likeness (QED) is 0.118. The third kappa shape index (κ3) is 19.9. The fourth-order valence-corrected chi connectivity index (χ4v) is 4.37. The van der Waals surface area contributed by atoms with Gasteiger partial charge in [0.15, 0.2) is 0 Å². The fraction of sp³-hybridized carbons (Fsp3) is 0.529. The van der Waals surface area contributed by atoms with E-state index in [1.807, 2.05) is 60.7 Å². The van der Waals surface area contributed by atoms with Gasteiger partial charge in [0.25, 0.3) is 0 Å². The van der Waals surface area contributed by atoms with Crippen LogP contribution >= 0.6 is 0 Å². The fourth-order valence-electron chi connectivity index (χ4n) is 4.37. The van der Waals surface area contributed by atoms with Crippen LogP contribution in [0.5, 0.6) is 0 Å². The van der Waals surface area contributed by atoms with E-state index in [1.54, 1.807) is 0 Å². The van der Waals surface area contributed by atoms with Crippen LogP contribution in [0.4, 0.5) is 9.59 Å². The van der Waals surface area contributed by atoms with Gasteiger partial charge in [-0.25, -0.2) is 9.59 Å². The van der Waals surface area contributed by atoms with E-state index in [-0.39, 0.29) is 25.0 Å². The number of unbranched alkanes of at least 4 members (excludes halogenated alkanes) is 7. The summed E-state index contributed by atoms with van der Waals surface area (Å²) in [7, 11) is 0. The minimum absolute atomic E-state index is 0.00689. The number of carbonyl (C=O) groups excluding carboxylic acids is 4. The summed E-state index contributed by atoms with van der Waals surface area (Å²) < 4.78 is 10.3. The van der Waals surface area contributed by atoms with Gasteiger partial charge >= 0.3 is 12.2 Å². The third-order valence-corrected chi connectivity index (χ3v) is 6.87. The van der Waals surface area contributed by atoms with Crippen LogP contribution in [-0.4, -0.2) is 50.2 Å². The van der Waals surface area contributed by atoms with Crippen LogP contribution in [0.1, 0.15) is 88.2 Å². The maximum atomic E-state index is 12.0. The Bertz CT molecular complexity index is 982. The van der Waals surface area contributed by atoms with Gasteiger partial charge in [-0.1, -0.05) is 99.2 Å². The number of hydrogen-bond acceptors (Lipinski definition) is 6. The maximum absolute atomic E-state index is 12.0. The normalized spacial score (nSPS) is 10.5. The molecule has 0 aliphatic rings. The zero-order valence-corrected chi connectivity index (χ0v) is 26.0. The summed E-state index contributed by atoms with van der Waals surface area (Å²) in [5, 5.41) is 11.2. The molecule has 0 heterocycles. The van der Waals surface area contributed by atoms with E-state index < -0.39 is 12.2 Å². The Morgan fingerprint density at radius 1 is 0.432 bits per heavy atom. The van der Waals surface area contributed by atoms with Crippen LogP contribution in [0.3, 0.4) is 0 Å². The standard InChI is InChI=1S/C34H50N4O6/c39-31(21-15-25-37-33(41)43-27-29-17-9-7-10-18-29)35-23-13-5-3-1-2-4-6-14-24-36-32(40)22-16-26-38-34(42)44-28-30-19-11-8-12-20-30/h7-12,17-20H,1-6,13-16,21-28H2,(H,35,39)(H,36,40)(H,37,41)(H,38,42). The van der Waals surface area contributed by atoms with E-state index in [0.717, 1.165) is 49.7 Å². The van der Waals surface area contributed by atoms with Crippen molar-refractivity contribution in [3.05, 3.63) is 71.8 Å². The summed E-state index contributed by atoms with van der Waals surface area (Å²) in [6.45, 7) is 2.62. The Morgan fingerprint density at radius 2 is 0.773 bits per heavy atom. The first-order chi connectivity index (χ1) is 21.5. The zero-order chi connectivity index (χ0) is 31.5. The van der Waals surface area contributed by atoms with Crippen LogP contribution in [0.15, 0.2) is 60.7 Å². The molecule has 0 fully saturated rings. The molecular formula is C34H50N4O6. The molecule has 0 bridgehead atoms. The summed E-state index contributed by atoms with van der Waals surface area (Å²) >= 11 is 0. The highest BCUT2D eigenvalue weighted by atomic mass is 16.6. The lowest BCUT2D eigenvalue weighted by Gasteiger charge is -2.08. The molecular weight excluding hydrogens is 560 g/mol. The zero-order valence-electron chi connectivity index (χ0n) is 26.0. The van der Waals surface area contributed by atoms with E-state index in [0.29, 0.717) is 51.9 Å². The van der Waals surface area contributed by atoms with Crippen LogP contribution in [0.25, 0.3) is 0 Å². The molecule has 242 valence electrons. The van der Waals surface area contributed by atoms with Crippen LogP contribution in [0.2, 0.25) is 0 Å².